The lowest BCUT2D eigenvalue weighted by Gasteiger charge is -2.49. The molecule has 1 unspecified atom stereocenters. The zero-order valence-corrected chi connectivity index (χ0v) is 16.9. The first kappa shape index (κ1) is 20.5. The molecule has 0 amide bonds. The van der Waals surface area contributed by atoms with Crippen molar-refractivity contribution >= 4 is 29.2 Å². The van der Waals surface area contributed by atoms with E-state index in [1.54, 1.807) is 0 Å². The van der Waals surface area contributed by atoms with E-state index < -0.39 is 0 Å². The molecule has 0 heterocycles. The van der Waals surface area contributed by atoms with Crippen molar-refractivity contribution in [1.82, 2.24) is 5.32 Å². The van der Waals surface area contributed by atoms with E-state index in [1.165, 1.54) is 19.1 Å². The third-order valence-corrected chi connectivity index (χ3v) is 6.03. The Balaban J connectivity index is 2.12. The number of carbonyl (C=O) groups excluding carboxylic acids is 1. The fraction of sp³-hybridized carbons (Fsp3) is 0.650. The summed E-state index contributed by atoms with van der Waals surface area (Å²) < 4.78 is 4.72. The number of benzene rings is 1. The number of methoxy groups -OCH3 is 1. The number of nitrogens with one attached hydrogen (secondary N) is 1. The normalized spacial score (nSPS) is 17.2. The molecule has 0 saturated heterocycles. The summed E-state index contributed by atoms with van der Waals surface area (Å²) >= 11 is 12.4. The van der Waals surface area contributed by atoms with Gasteiger partial charge in [-0.3, -0.25) is 4.79 Å². The molecule has 5 heteroatoms. The van der Waals surface area contributed by atoms with E-state index >= 15 is 0 Å². The monoisotopic (exact) mass is 385 g/mol. The van der Waals surface area contributed by atoms with Gasteiger partial charge in [-0.2, -0.15) is 0 Å². The van der Waals surface area contributed by atoms with E-state index in [-0.39, 0.29) is 11.4 Å². The van der Waals surface area contributed by atoms with Gasteiger partial charge in [-0.25, -0.2) is 0 Å². The molecular formula is C20H29Cl2NO2. The van der Waals surface area contributed by atoms with Crippen LogP contribution in [-0.4, -0.2) is 25.7 Å². The maximum absolute atomic E-state index is 11.3. The largest absolute Gasteiger partial charge is 0.469 e. The van der Waals surface area contributed by atoms with Crippen LogP contribution in [0.4, 0.5) is 0 Å². The number of halogens is 2. The molecule has 0 aliphatic heterocycles. The van der Waals surface area contributed by atoms with Gasteiger partial charge in [0.25, 0.3) is 0 Å². The van der Waals surface area contributed by atoms with E-state index in [4.69, 9.17) is 27.9 Å². The van der Waals surface area contributed by atoms with Crippen molar-refractivity contribution in [2.45, 2.75) is 63.8 Å². The van der Waals surface area contributed by atoms with Crippen LogP contribution in [0.2, 0.25) is 10.0 Å². The minimum absolute atomic E-state index is 0.115. The van der Waals surface area contributed by atoms with Crippen molar-refractivity contribution < 1.29 is 9.53 Å². The number of carbonyl (C=O) groups is 1. The number of hydrogen-bond acceptors (Lipinski definition) is 3. The van der Waals surface area contributed by atoms with Crippen LogP contribution < -0.4 is 5.32 Å². The molecule has 1 N–H and O–H groups in total. The zero-order chi connectivity index (χ0) is 18.4. The molecule has 25 heavy (non-hydrogen) atoms. The molecule has 1 fully saturated rings. The molecule has 0 bridgehead atoms. The van der Waals surface area contributed by atoms with Gasteiger partial charge >= 0.3 is 5.97 Å². The van der Waals surface area contributed by atoms with Gasteiger partial charge in [-0.1, -0.05) is 49.5 Å². The van der Waals surface area contributed by atoms with E-state index in [1.807, 2.05) is 12.1 Å². The Labute approximate surface area is 161 Å². The van der Waals surface area contributed by atoms with Crippen molar-refractivity contribution in [3.05, 3.63) is 33.8 Å². The van der Waals surface area contributed by atoms with Crippen molar-refractivity contribution in [1.29, 1.82) is 0 Å². The standard InChI is InChI=1S/C20H29Cl2NO2/c1-14(2)12-18(23-11-4-6-19(24)25-3)20(9-5-10-20)15-7-8-16(21)17(22)13-15/h7-8,13-14,18,23H,4-6,9-12H2,1-3H3. The van der Waals surface area contributed by atoms with Crippen LogP contribution in [-0.2, 0) is 14.9 Å². The summed E-state index contributed by atoms with van der Waals surface area (Å²) in [6, 6.07) is 6.43. The van der Waals surface area contributed by atoms with Crippen LogP contribution in [0.1, 0.15) is 57.9 Å². The Morgan fingerprint density at radius 3 is 2.52 bits per heavy atom. The summed E-state index contributed by atoms with van der Waals surface area (Å²) in [7, 11) is 1.44. The molecule has 1 aromatic rings. The Hall–Kier alpha value is -0.770. The fourth-order valence-corrected chi connectivity index (χ4v) is 4.09. The van der Waals surface area contributed by atoms with Gasteiger partial charge in [0.1, 0.15) is 0 Å². The van der Waals surface area contributed by atoms with Crippen molar-refractivity contribution in [2.24, 2.45) is 5.92 Å². The molecule has 1 saturated carbocycles. The van der Waals surface area contributed by atoms with Crippen molar-refractivity contribution in [3.8, 4) is 0 Å². The molecule has 0 aromatic heterocycles. The smallest absolute Gasteiger partial charge is 0.305 e. The molecule has 0 radical (unpaired) electrons. The van der Waals surface area contributed by atoms with Crippen LogP contribution in [0.3, 0.4) is 0 Å². The van der Waals surface area contributed by atoms with Crippen LogP contribution in [0.5, 0.6) is 0 Å². The Morgan fingerprint density at radius 1 is 1.28 bits per heavy atom. The summed E-state index contributed by atoms with van der Waals surface area (Å²) in [6.07, 6.45) is 5.90. The molecule has 1 aromatic carbocycles. The van der Waals surface area contributed by atoms with E-state index in [9.17, 15) is 4.79 Å². The molecule has 1 atom stereocenters. The van der Waals surface area contributed by atoms with Gasteiger partial charge in [0, 0.05) is 17.9 Å². The second-order valence-electron chi connectivity index (χ2n) is 7.45. The maximum Gasteiger partial charge on any atom is 0.305 e. The van der Waals surface area contributed by atoms with Crippen LogP contribution in [0.15, 0.2) is 18.2 Å². The minimum atomic E-state index is -0.148. The van der Waals surface area contributed by atoms with E-state index in [0.29, 0.717) is 28.4 Å². The first-order valence-electron chi connectivity index (χ1n) is 9.15. The second-order valence-corrected chi connectivity index (χ2v) is 8.27. The highest BCUT2D eigenvalue weighted by Crippen LogP contribution is 2.49. The van der Waals surface area contributed by atoms with Gasteiger partial charge in [-0.05, 0) is 55.8 Å². The SMILES string of the molecule is COC(=O)CCCNC(CC(C)C)C1(c2ccc(Cl)c(Cl)c2)CCC1. The average molecular weight is 386 g/mol. The number of rotatable bonds is 9. The van der Waals surface area contributed by atoms with Gasteiger partial charge < -0.3 is 10.1 Å². The highest BCUT2D eigenvalue weighted by Gasteiger charge is 2.45. The molecule has 140 valence electrons. The minimum Gasteiger partial charge on any atom is -0.469 e. The van der Waals surface area contributed by atoms with Crippen molar-refractivity contribution in [2.75, 3.05) is 13.7 Å². The molecule has 2 rings (SSSR count). The third-order valence-electron chi connectivity index (χ3n) is 5.29. The topological polar surface area (TPSA) is 38.3 Å². The van der Waals surface area contributed by atoms with E-state index in [2.05, 4.69) is 25.2 Å². The quantitative estimate of drug-likeness (QED) is 0.458. The first-order valence-corrected chi connectivity index (χ1v) is 9.90. The van der Waals surface area contributed by atoms with Crippen LogP contribution in [0, 0.1) is 5.92 Å². The lowest BCUT2D eigenvalue weighted by atomic mass is 9.59. The number of ether oxygens (including phenoxy) is 1. The highest BCUT2D eigenvalue weighted by atomic mass is 35.5. The highest BCUT2D eigenvalue weighted by molar-refractivity contribution is 6.42. The molecule has 3 nitrogen and oxygen atoms in total. The van der Waals surface area contributed by atoms with Crippen molar-refractivity contribution in [3.63, 3.8) is 0 Å². The first-order chi connectivity index (χ1) is 11.9. The van der Waals surface area contributed by atoms with Crippen LogP contribution >= 0.6 is 23.2 Å². The summed E-state index contributed by atoms with van der Waals surface area (Å²) in [5.41, 5.74) is 1.39. The average Bonchev–Trinajstić information content (AvgIpc) is 2.52. The Morgan fingerprint density at radius 2 is 2.00 bits per heavy atom. The molecule has 0 spiro atoms. The summed E-state index contributed by atoms with van der Waals surface area (Å²) in [5, 5.41) is 4.95. The molecular weight excluding hydrogens is 357 g/mol. The predicted molar refractivity (Wildman–Crippen MR) is 104 cm³/mol. The summed E-state index contributed by atoms with van der Waals surface area (Å²) in [6.45, 7) is 5.32. The second kappa shape index (κ2) is 9.25. The van der Waals surface area contributed by atoms with Crippen LogP contribution in [0.25, 0.3) is 0 Å². The van der Waals surface area contributed by atoms with Gasteiger partial charge in [0.2, 0.25) is 0 Å². The third kappa shape index (κ3) is 5.12. The Kier molecular flexibility index (Phi) is 7.60. The van der Waals surface area contributed by atoms with E-state index in [0.717, 1.165) is 32.2 Å². The zero-order valence-electron chi connectivity index (χ0n) is 15.4. The lowest BCUT2D eigenvalue weighted by Crippen LogP contribution is -2.53. The van der Waals surface area contributed by atoms with Gasteiger partial charge in [0.05, 0.1) is 17.2 Å². The number of hydrogen-bond donors (Lipinski definition) is 1. The Bertz CT molecular complexity index is 585. The fourth-order valence-electron chi connectivity index (χ4n) is 3.79. The predicted octanol–water partition coefficient (Wildman–Crippen LogP) is 5.37. The molecule has 1 aliphatic rings. The molecule has 1 aliphatic carbocycles. The van der Waals surface area contributed by atoms with Gasteiger partial charge in [0.15, 0.2) is 0 Å². The maximum atomic E-state index is 11.3. The van der Waals surface area contributed by atoms with Gasteiger partial charge in [-0.15, -0.1) is 0 Å². The summed E-state index contributed by atoms with van der Waals surface area (Å²) in [5.74, 6) is 0.448. The lowest BCUT2D eigenvalue weighted by molar-refractivity contribution is -0.140. The summed E-state index contributed by atoms with van der Waals surface area (Å²) in [4.78, 5) is 11.3. The number of esters is 1.